The van der Waals surface area contributed by atoms with Gasteiger partial charge in [0.25, 0.3) is 0 Å². The normalized spacial score (nSPS) is 12.1. The van der Waals surface area contributed by atoms with Gasteiger partial charge in [-0.15, -0.1) is 0 Å². The smallest absolute Gasteiger partial charge is 0.222 e. The number of hydrogen-bond donors (Lipinski definition) is 1. The van der Waals surface area contributed by atoms with E-state index in [0.29, 0.717) is 39.3 Å². The van der Waals surface area contributed by atoms with Crippen molar-refractivity contribution in [3.8, 4) is 0 Å². The summed E-state index contributed by atoms with van der Waals surface area (Å²) in [6.07, 6.45) is 35.7. The zero-order chi connectivity index (χ0) is 35.3. The summed E-state index contributed by atoms with van der Waals surface area (Å²) in [6.45, 7) is 7.45. The maximum atomic E-state index is 12.9. The molecule has 49 heavy (non-hydrogen) atoms. The molecule has 1 rings (SSSR count). The van der Waals surface area contributed by atoms with Gasteiger partial charge in [0.15, 0.2) is 0 Å². The third-order valence-electron chi connectivity index (χ3n) is 9.95. The Balaban J connectivity index is 2.20. The van der Waals surface area contributed by atoms with Crippen LogP contribution in [0, 0.1) is 0 Å². The van der Waals surface area contributed by atoms with E-state index >= 15 is 0 Å². The summed E-state index contributed by atoms with van der Waals surface area (Å²) in [5.41, 5.74) is 1.20. The van der Waals surface area contributed by atoms with Crippen molar-refractivity contribution in [1.82, 2.24) is 4.90 Å². The lowest BCUT2D eigenvalue weighted by Crippen LogP contribution is -2.35. The predicted molar refractivity (Wildman–Crippen MR) is 210 cm³/mol. The molecule has 0 aliphatic carbocycles. The summed E-state index contributed by atoms with van der Waals surface area (Å²) in [6, 6.07) is 10.4. The molecule has 0 saturated carbocycles. The molecule has 0 aliphatic rings. The molecule has 0 saturated heterocycles. The van der Waals surface area contributed by atoms with Crippen LogP contribution in [0.3, 0.4) is 0 Å². The van der Waals surface area contributed by atoms with Crippen molar-refractivity contribution in [2.45, 2.75) is 206 Å². The molecule has 286 valence electrons. The van der Waals surface area contributed by atoms with Crippen molar-refractivity contribution >= 4 is 5.91 Å². The van der Waals surface area contributed by atoms with Gasteiger partial charge in [0.05, 0.1) is 25.9 Å². The molecule has 0 aromatic heterocycles. The molecule has 1 amide bonds. The molecule has 5 heteroatoms. The Labute approximate surface area is 304 Å². The average Bonchev–Trinajstić information content (AvgIpc) is 3.12. The predicted octanol–water partition coefficient (Wildman–Crippen LogP) is 12.4. The third kappa shape index (κ3) is 30.0. The van der Waals surface area contributed by atoms with Crippen molar-refractivity contribution in [2.75, 3.05) is 32.9 Å². The molecule has 0 bridgehead atoms. The minimum Gasteiger partial charge on any atom is -0.395 e. The second kappa shape index (κ2) is 36.4. The summed E-state index contributed by atoms with van der Waals surface area (Å²) < 4.78 is 12.4. The summed E-state index contributed by atoms with van der Waals surface area (Å²) >= 11 is 0. The zero-order valence-corrected chi connectivity index (χ0v) is 32.6. The van der Waals surface area contributed by atoms with Gasteiger partial charge in [-0.25, -0.2) is 0 Å². The molecule has 1 unspecified atom stereocenters. The van der Waals surface area contributed by atoms with Gasteiger partial charge < -0.3 is 19.5 Å². The first-order chi connectivity index (χ1) is 24.2. The number of aliphatic hydroxyl groups excluding tert-OH is 1. The van der Waals surface area contributed by atoms with Crippen molar-refractivity contribution in [3.63, 3.8) is 0 Å². The first kappa shape index (κ1) is 45.6. The van der Waals surface area contributed by atoms with Crippen molar-refractivity contribution in [2.24, 2.45) is 0 Å². The maximum Gasteiger partial charge on any atom is 0.222 e. The molecule has 1 aromatic rings. The van der Waals surface area contributed by atoms with Gasteiger partial charge in [-0.05, 0) is 24.8 Å². The van der Waals surface area contributed by atoms with E-state index in [1.807, 2.05) is 11.0 Å². The number of benzene rings is 1. The van der Waals surface area contributed by atoms with Gasteiger partial charge in [-0.3, -0.25) is 4.79 Å². The number of nitrogens with zero attached hydrogens (tertiary/aromatic N) is 1. The molecule has 0 radical (unpaired) electrons. The molecule has 0 spiro atoms. The molecule has 0 heterocycles. The Morgan fingerprint density at radius 2 is 1.08 bits per heavy atom. The Morgan fingerprint density at radius 1 is 0.612 bits per heavy atom. The lowest BCUT2D eigenvalue weighted by Gasteiger charge is -2.22. The van der Waals surface area contributed by atoms with Crippen LogP contribution in [0.1, 0.15) is 199 Å². The van der Waals surface area contributed by atoms with Gasteiger partial charge in [0, 0.05) is 26.1 Å². The minimum atomic E-state index is 0.0135. The number of amides is 1. The molecular formula is C44H81NO4. The number of rotatable bonds is 38. The fraction of sp³-hybridized carbons (Fsp3) is 0.841. The van der Waals surface area contributed by atoms with E-state index in [9.17, 15) is 9.90 Å². The number of aliphatic hydroxyl groups is 1. The Kier molecular flexibility index (Phi) is 33.8. The Hall–Kier alpha value is -1.43. The summed E-state index contributed by atoms with van der Waals surface area (Å²) in [4.78, 5) is 14.7. The Morgan fingerprint density at radius 3 is 1.57 bits per heavy atom. The highest BCUT2D eigenvalue weighted by molar-refractivity contribution is 5.76. The van der Waals surface area contributed by atoms with Crippen LogP contribution in [0.5, 0.6) is 0 Å². The standard InChI is InChI=1S/C44H81NO4/c1-3-5-7-9-11-13-15-17-19-21-23-25-30-35-44(47)45(37-38-46)36-31-39-48-41-43(49-40-42-32-27-26-28-33-42)34-29-24-22-20-18-16-14-12-10-8-6-4-2/h26-28,32-33,43,46H,3-25,29-31,34-41H2,1-2H3. The van der Waals surface area contributed by atoms with E-state index < -0.39 is 0 Å². The monoisotopic (exact) mass is 688 g/mol. The zero-order valence-electron chi connectivity index (χ0n) is 32.6. The average molecular weight is 688 g/mol. The molecule has 0 fully saturated rings. The first-order valence-corrected chi connectivity index (χ1v) is 21.3. The molecule has 1 aromatic carbocycles. The minimum absolute atomic E-state index is 0.0135. The molecule has 0 aliphatic heterocycles. The van der Waals surface area contributed by atoms with Crippen molar-refractivity contribution in [3.05, 3.63) is 35.9 Å². The van der Waals surface area contributed by atoms with Crippen LogP contribution in [0.15, 0.2) is 30.3 Å². The summed E-state index contributed by atoms with van der Waals surface area (Å²) in [5.74, 6) is 0.174. The second-order valence-electron chi connectivity index (χ2n) is 14.6. The van der Waals surface area contributed by atoms with Crippen LogP contribution < -0.4 is 0 Å². The fourth-order valence-corrected chi connectivity index (χ4v) is 6.72. The highest BCUT2D eigenvalue weighted by atomic mass is 16.5. The van der Waals surface area contributed by atoms with E-state index in [0.717, 1.165) is 25.7 Å². The van der Waals surface area contributed by atoms with Crippen molar-refractivity contribution < 1.29 is 19.4 Å². The van der Waals surface area contributed by atoms with E-state index in [2.05, 4.69) is 38.1 Å². The lowest BCUT2D eigenvalue weighted by molar-refractivity contribution is -0.132. The largest absolute Gasteiger partial charge is 0.395 e. The van der Waals surface area contributed by atoms with Crippen molar-refractivity contribution in [1.29, 1.82) is 0 Å². The highest BCUT2D eigenvalue weighted by Crippen LogP contribution is 2.16. The van der Waals surface area contributed by atoms with E-state index in [1.54, 1.807) is 0 Å². The van der Waals surface area contributed by atoms with Crippen LogP contribution in [0.4, 0.5) is 0 Å². The lowest BCUT2D eigenvalue weighted by atomic mass is 10.0. The fourth-order valence-electron chi connectivity index (χ4n) is 6.72. The molecule has 1 N–H and O–H groups in total. The summed E-state index contributed by atoms with van der Waals surface area (Å²) in [5, 5.41) is 9.57. The number of hydrogen-bond acceptors (Lipinski definition) is 4. The van der Waals surface area contributed by atoms with Gasteiger partial charge in [-0.2, -0.15) is 0 Å². The molecule has 1 atom stereocenters. The SMILES string of the molecule is CCCCCCCCCCCCCCCC(=O)N(CCO)CCCOCC(CCCCCCCCCCCCCC)OCc1ccccc1. The van der Waals surface area contributed by atoms with Crippen LogP contribution in [-0.4, -0.2) is 54.9 Å². The topological polar surface area (TPSA) is 59.0 Å². The highest BCUT2D eigenvalue weighted by Gasteiger charge is 2.14. The third-order valence-corrected chi connectivity index (χ3v) is 9.95. The van der Waals surface area contributed by atoms with E-state index in [1.165, 1.54) is 153 Å². The van der Waals surface area contributed by atoms with E-state index in [-0.39, 0.29) is 18.6 Å². The van der Waals surface area contributed by atoms with Gasteiger partial charge in [-0.1, -0.05) is 198 Å². The van der Waals surface area contributed by atoms with Gasteiger partial charge in [0.2, 0.25) is 5.91 Å². The van der Waals surface area contributed by atoms with Crippen LogP contribution in [0.25, 0.3) is 0 Å². The van der Waals surface area contributed by atoms with Gasteiger partial charge >= 0.3 is 0 Å². The number of carbonyl (C=O) groups excluding carboxylic acids is 1. The number of unbranched alkanes of at least 4 members (excludes halogenated alkanes) is 23. The van der Waals surface area contributed by atoms with E-state index in [4.69, 9.17) is 9.47 Å². The molecular weight excluding hydrogens is 606 g/mol. The van der Waals surface area contributed by atoms with Gasteiger partial charge in [0.1, 0.15) is 0 Å². The first-order valence-electron chi connectivity index (χ1n) is 21.3. The second-order valence-corrected chi connectivity index (χ2v) is 14.6. The Bertz CT molecular complexity index is 803. The quantitative estimate of drug-likeness (QED) is 0.0703. The van der Waals surface area contributed by atoms with Crippen LogP contribution in [0.2, 0.25) is 0 Å². The maximum absolute atomic E-state index is 12.9. The molecule has 5 nitrogen and oxygen atoms in total. The van der Waals surface area contributed by atoms with Crippen LogP contribution >= 0.6 is 0 Å². The summed E-state index contributed by atoms with van der Waals surface area (Å²) in [7, 11) is 0. The van der Waals surface area contributed by atoms with Crippen LogP contribution in [-0.2, 0) is 20.9 Å². The number of carbonyl (C=O) groups is 1. The number of ether oxygens (including phenoxy) is 2.